The fraction of sp³-hybridized carbons (Fsp3) is 0.600. The van der Waals surface area contributed by atoms with Crippen LogP contribution in [0.3, 0.4) is 0 Å². The molecular formula is C10H16BrN3O. The van der Waals surface area contributed by atoms with Gasteiger partial charge in [0, 0.05) is 6.54 Å². The Morgan fingerprint density at radius 1 is 1.47 bits per heavy atom. The molecule has 0 aliphatic rings. The molecule has 0 unspecified atom stereocenters. The average molecular weight is 274 g/mol. The molecule has 1 rings (SSSR count). The van der Waals surface area contributed by atoms with Crippen LogP contribution in [0.4, 0.5) is 5.95 Å². The second-order valence-corrected chi connectivity index (χ2v) is 3.93. The zero-order chi connectivity index (χ0) is 11.1. The van der Waals surface area contributed by atoms with Crippen LogP contribution in [-0.4, -0.2) is 23.1 Å². The Morgan fingerprint density at radius 2 is 2.27 bits per heavy atom. The van der Waals surface area contributed by atoms with E-state index in [0.717, 1.165) is 23.9 Å². The van der Waals surface area contributed by atoms with E-state index in [2.05, 4.69) is 38.1 Å². The minimum absolute atomic E-state index is 0.604. The lowest BCUT2D eigenvalue weighted by atomic mass is 10.4. The number of aromatic nitrogens is 2. The summed E-state index contributed by atoms with van der Waals surface area (Å²) in [5.74, 6) is 1.21. The van der Waals surface area contributed by atoms with E-state index >= 15 is 0 Å². The number of anilines is 1. The summed E-state index contributed by atoms with van der Waals surface area (Å²) >= 11 is 3.36. The number of hydrogen-bond acceptors (Lipinski definition) is 4. The van der Waals surface area contributed by atoms with Crippen molar-refractivity contribution in [1.82, 2.24) is 9.97 Å². The lowest BCUT2D eigenvalue weighted by molar-refractivity contribution is 0.295. The predicted molar refractivity (Wildman–Crippen MR) is 64.3 cm³/mol. The highest BCUT2D eigenvalue weighted by molar-refractivity contribution is 9.10. The quantitative estimate of drug-likeness (QED) is 0.810. The summed E-state index contributed by atoms with van der Waals surface area (Å²) in [6, 6.07) is 0. The minimum atomic E-state index is 0.604. The Kier molecular flexibility index (Phi) is 5.39. The fourth-order valence-corrected chi connectivity index (χ4v) is 1.31. The summed E-state index contributed by atoms with van der Waals surface area (Å²) in [5, 5.41) is 3.04. The van der Waals surface area contributed by atoms with E-state index in [4.69, 9.17) is 4.74 Å². The summed E-state index contributed by atoms with van der Waals surface area (Å²) in [6.45, 7) is 5.62. The number of rotatable bonds is 6. The zero-order valence-corrected chi connectivity index (χ0v) is 10.7. The van der Waals surface area contributed by atoms with Gasteiger partial charge in [0.15, 0.2) is 0 Å². The van der Waals surface area contributed by atoms with Gasteiger partial charge in [0.1, 0.15) is 0 Å². The molecule has 4 nitrogen and oxygen atoms in total. The summed E-state index contributed by atoms with van der Waals surface area (Å²) in [6.07, 6.45) is 3.85. The Balaban J connectivity index is 2.63. The molecule has 0 spiro atoms. The van der Waals surface area contributed by atoms with Gasteiger partial charge in [-0.05, 0) is 29.3 Å². The summed E-state index contributed by atoms with van der Waals surface area (Å²) in [4.78, 5) is 8.35. The zero-order valence-electron chi connectivity index (χ0n) is 9.09. The molecule has 0 bridgehead atoms. The molecule has 0 aliphatic heterocycles. The molecule has 5 heteroatoms. The lowest BCUT2D eigenvalue weighted by Gasteiger charge is -2.08. The van der Waals surface area contributed by atoms with Crippen molar-refractivity contribution in [3.8, 4) is 5.88 Å². The van der Waals surface area contributed by atoms with Gasteiger partial charge in [0.25, 0.3) is 0 Å². The third kappa shape index (κ3) is 4.03. The van der Waals surface area contributed by atoms with Crippen LogP contribution in [0.5, 0.6) is 5.88 Å². The van der Waals surface area contributed by atoms with Crippen molar-refractivity contribution in [1.29, 1.82) is 0 Å². The van der Waals surface area contributed by atoms with Crippen molar-refractivity contribution >= 4 is 21.9 Å². The number of nitrogens with one attached hydrogen (secondary N) is 1. The minimum Gasteiger partial charge on any atom is -0.477 e. The molecule has 0 radical (unpaired) electrons. The van der Waals surface area contributed by atoms with E-state index in [1.165, 1.54) is 0 Å². The molecule has 1 aromatic heterocycles. The van der Waals surface area contributed by atoms with Crippen LogP contribution in [0.2, 0.25) is 0 Å². The number of unbranched alkanes of at least 4 members (excludes halogenated alkanes) is 1. The maximum atomic E-state index is 5.53. The molecule has 0 aromatic carbocycles. The monoisotopic (exact) mass is 273 g/mol. The number of ether oxygens (including phenoxy) is 1. The number of nitrogens with zero attached hydrogens (tertiary/aromatic N) is 2. The highest BCUT2D eigenvalue weighted by Crippen LogP contribution is 2.22. The van der Waals surface area contributed by atoms with E-state index in [-0.39, 0.29) is 0 Å². The normalized spacial score (nSPS) is 10.1. The van der Waals surface area contributed by atoms with Crippen LogP contribution in [0.25, 0.3) is 0 Å². The third-order valence-corrected chi connectivity index (χ3v) is 2.33. The molecule has 1 aromatic rings. The van der Waals surface area contributed by atoms with E-state index in [1.807, 2.05) is 6.92 Å². The first-order chi connectivity index (χ1) is 7.27. The molecule has 1 N–H and O–H groups in total. The van der Waals surface area contributed by atoms with E-state index in [9.17, 15) is 0 Å². The molecule has 1 heterocycles. The van der Waals surface area contributed by atoms with Gasteiger partial charge in [-0.1, -0.05) is 13.3 Å². The summed E-state index contributed by atoms with van der Waals surface area (Å²) < 4.78 is 6.32. The van der Waals surface area contributed by atoms with Crippen molar-refractivity contribution in [2.24, 2.45) is 0 Å². The van der Waals surface area contributed by atoms with Crippen molar-refractivity contribution in [3.05, 3.63) is 10.7 Å². The number of halogens is 1. The fourth-order valence-electron chi connectivity index (χ4n) is 1.01. The van der Waals surface area contributed by atoms with Crippen LogP contribution in [0.15, 0.2) is 10.7 Å². The Bertz CT molecular complexity index is 307. The van der Waals surface area contributed by atoms with Gasteiger partial charge >= 0.3 is 0 Å². The van der Waals surface area contributed by atoms with Crippen molar-refractivity contribution in [2.75, 3.05) is 18.5 Å². The van der Waals surface area contributed by atoms with Crippen molar-refractivity contribution < 1.29 is 4.74 Å². The van der Waals surface area contributed by atoms with E-state index in [0.29, 0.717) is 18.4 Å². The van der Waals surface area contributed by atoms with E-state index < -0.39 is 0 Å². The largest absolute Gasteiger partial charge is 0.477 e. The maximum absolute atomic E-state index is 5.53. The summed E-state index contributed by atoms with van der Waals surface area (Å²) in [5.41, 5.74) is 0. The van der Waals surface area contributed by atoms with Crippen LogP contribution in [0.1, 0.15) is 26.7 Å². The third-order valence-electron chi connectivity index (χ3n) is 1.78. The van der Waals surface area contributed by atoms with Crippen LogP contribution in [0, 0.1) is 0 Å². The van der Waals surface area contributed by atoms with Crippen molar-refractivity contribution in [2.45, 2.75) is 26.7 Å². The van der Waals surface area contributed by atoms with Crippen LogP contribution >= 0.6 is 15.9 Å². The van der Waals surface area contributed by atoms with Gasteiger partial charge in [0.2, 0.25) is 11.8 Å². The molecule has 84 valence electrons. The Morgan fingerprint density at radius 3 is 2.93 bits per heavy atom. The van der Waals surface area contributed by atoms with Gasteiger partial charge < -0.3 is 10.1 Å². The first kappa shape index (κ1) is 12.2. The van der Waals surface area contributed by atoms with Gasteiger partial charge in [-0.2, -0.15) is 4.98 Å². The Hall–Kier alpha value is -0.840. The van der Waals surface area contributed by atoms with Crippen molar-refractivity contribution in [3.63, 3.8) is 0 Å². The predicted octanol–water partition coefficient (Wildman–Crippen LogP) is 2.85. The maximum Gasteiger partial charge on any atom is 0.232 e. The molecule has 0 saturated heterocycles. The lowest BCUT2D eigenvalue weighted by Crippen LogP contribution is -2.05. The molecule has 0 atom stereocenters. The smallest absolute Gasteiger partial charge is 0.232 e. The second kappa shape index (κ2) is 6.61. The highest BCUT2D eigenvalue weighted by atomic mass is 79.9. The number of hydrogen-bond donors (Lipinski definition) is 1. The SMILES string of the molecule is CCCCOc1nc(NCC)ncc1Br. The first-order valence-electron chi connectivity index (χ1n) is 5.17. The average Bonchev–Trinajstić information content (AvgIpc) is 2.23. The molecule has 0 fully saturated rings. The van der Waals surface area contributed by atoms with Gasteiger partial charge in [-0.25, -0.2) is 4.98 Å². The molecule has 0 aliphatic carbocycles. The summed E-state index contributed by atoms with van der Waals surface area (Å²) in [7, 11) is 0. The topological polar surface area (TPSA) is 47.0 Å². The first-order valence-corrected chi connectivity index (χ1v) is 5.96. The Labute approximate surface area is 98.6 Å². The highest BCUT2D eigenvalue weighted by Gasteiger charge is 2.05. The molecule has 15 heavy (non-hydrogen) atoms. The molecular weight excluding hydrogens is 258 g/mol. The van der Waals surface area contributed by atoms with Gasteiger partial charge in [-0.15, -0.1) is 0 Å². The van der Waals surface area contributed by atoms with Gasteiger partial charge in [-0.3, -0.25) is 0 Å². The van der Waals surface area contributed by atoms with E-state index in [1.54, 1.807) is 6.20 Å². The standard InChI is InChI=1S/C10H16BrN3O/c1-3-5-6-15-9-8(11)7-13-10(14-9)12-4-2/h7H,3-6H2,1-2H3,(H,12,13,14). The van der Waals surface area contributed by atoms with Gasteiger partial charge in [0.05, 0.1) is 17.3 Å². The van der Waals surface area contributed by atoms with Crippen LogP contribution < -0.4 is 10.1 Å². The molecule has 0 amide bonds. The molecule has 0 saturated carbocycles. The van der Waals surface area contributed by atoms with Crippen LogP contribution in [-0.2, 0) is 0 Å². The second-order valence-electron chi connectivity index (χ2n) is 3.08.